The molecule has 0 heterocycles. The molecule has 0 fully saturated rings. The molecule has 2 unspecified atom stereocenters. The van der Waals surface area contributed by atoms with Crippen molar-refractivity contribution < 1.29 is 4.74 Å². The Morgan fingerprint density at radius 3 is 2.36 bits per heavy atom. The lowest BCUT2D eigenvalue weighted by Crippen LogP contribution is -2.38. The van der Waals surface area contributed by atoms with Crippen LogP contribution in [0.15, 0.2) is 0 Å². The Hall–Kier alpha value is -0.0800. The molecule has 0 aromatic heterocycles. The summed E-state index contributed by atoms with van der Waals surface area (Å²) in [7, 11) is 1.78. The van der Waals surface area contributed by atoms with Crippen LogP contribution >= 0.6 is 0 Å². The van der Waals surface area contributed by atoms with Crippen LogP contribution < -0.4 is 5.32 Å². The average molecular weight is 159 g/mol. The van der Waals surface area contributed by atoms with Gasteiger partial charge in [0.05, 0.1) is 6.10 Å². The lowest BCUT2D eigenvalue weighted by molar-refractivity contribution is 0.0709. The van der Waals surface area contributed by atoms with Gasteiger partial charge in [-0.15, -0.1) is 0 Å². The summed E-state index contributed by atoms with van der Waals surface area (Å²) < 4.78 is 5.30. The number of ether oxygens (including phenoxy) is 1. The van der Waals surface area contributed by atoms with E-state index < -0.39 is 0 Å². The molecule has 2 nitrogen and oxygen atoms in total. The first-order chi connectivity index (χ1) is 5.26. The maximum atomic E-state index is 5.30. The first-order valence-electron chi connectivity index (χ1n) is 4.52. The minimum atomic E-state index is 0.363. The monoisotopic (exact) mass is 159 g/mol. The van der Waals surface area contributed by atoms with E-state index in [0.29, 0.717) is 12.1 Å². The number of rotatable bonds is 6. The molecule has 0 radical (unpaired) electrons. The van der Waals surface area contributed by atoms with Gasteiger partial charge in [-0.05, 0) is 26.3 Å². The minimum absolute atomic E-state index is 0.363. The quantitative estimate of drug-likeness (QED) is 0.638. The zero-order valence-corrected chi connectivity index (χ0v) is 8.18. The maximum absolute atomic E-state index is 5.30. The molecular weight excluding hydrogens is 138 g/mol. The predicted molar refractivity (Wildman–Crippen MR) is 48.8 cm³/mol. The van der Waals surface area contributed by atoms with E-state index in [4.69, 9.17) is 4.74 Å². The summed E-state index contributed by atoms with van der Waals surface area (Å²) in [6.45, 7) is 7.58. The molecule has 0 aromatic rings. The Morgan fingerprint density at radius 2 is 2.00 bits per heavy atom. The molecule has 68 valence electrons. The van der Waals surface area contributed by atoms with Crippen molar-refractivity contribution >= 4 is 0 Å². The molecule has 1 N–H and O–H groups in total. The van der Waals surface area contributed by atoms with Crippen molar-refractivity contribution in [3.63, 3.8) is 0 Å². The van der Waals surface area contributed by atoms with E-state index in [1.165, 1.54) is 6.42 Å². The summed E-state index contributed by atoms with van der Waals surface area (Å²) in [6.07, 6.45) is 2.63. The fourth-order valence-corrected chi connectivity index (χ4v) is 1.23. The van der Waals surface area contributed by atoms with E-state index in [9.17, 15) is 0 Å². The Labute approximate surface area is 70.3 Å². The van der Waals surface area contributed by atoms with Gasteiger partial charge in [0.1, 0.15) is 0 Å². The van der Waals surface area contributed by atoms with Gasteiger partial charge in [0.25, 0.3) is 0 Å². The van der Waals surface area contributed by atoms with Crippen molar-refractivity contribution in [3.05, 3.63) is 0 Å². The summed E-state index contributed by atoms with van der Waals surface area (Å²) in [5.74, 6) is 0. The molecule has 0 saturated carbocycles. The van der Waals surface area contributed by atoms with Crippen molar-refractivity contribution in [2.75, 3.05) is 13.7 Å². The van der Waals surface area contributed by atoms with E-state index in [-0.39, 0.29) is 0 Å². The van der Waals surface area contributed by atoms with Gasteiger partial charge in [-0.1, -0.05) is 13.8 Å². The molecule has 0 rings (SSSR count). The van der Waals surface area contributed by atoms with Gasteiger partial charge in [-0.2, -0.15) is 0 Å². The van der Waals surface area contributed by atoms with Crippen molar-refractivity contribution in [2.45, 2.75) is 45.8 Å². The normalized spacial score (nSPS) is 16.4. The second-order valence-corrected chi connectivity index (χ2v) is 2.93. The summed E-state index contributed by atoms with van der Waals surface area (Å²) in [4.78, 5) is 0. The van der Waals surface area contributed by atoms with Gasteiger partial charge < -0.3 is 10.1 Å². The zero-order valence-electron chi connectivity index (χ0n) is 8.18. The highest BCUT2D eigenvalue weighted by molar-refractivity contribution is 4.70. The topological polar surface area (TPSA) is 21.3 Å². The van der Waals surface area contributed by atoms with Gasteiger partial charge in [-0.3, -0.25) is 0 Å². The highest BCUT2D eigenvalue weighted by Gasteiger charge is 2.12. The highest BCUT2D eigenvalue weighted by atomic mass is 16.5. The molecule has 0 spiro atoms. The smallest absolute Gasteiger partial charge is 0.0718 e. The van der Waals surface area contributed by atoms with Crippen LogP contribution in [0.25, 0.3) is 0 Å². The zero-order chi connectivity index (χ0) is 8.69. The third kappa shape index (κ3) is 4.38. The fourth-order valence-electron chi connectivity index (χ4n) is 1.23. The molecule has 0 aliphatic carbocycles. The minimum Gasteiger partial charge on any atom is -0.380 e. The molecule has 2 atom stereocenters. The molecule has 0 saturated heterocycles. The van der Waals surface area contributed by atoms with Crippen molar-refractivity contribution in [3.8, 4) is 0 Å². The predicted octanol–water partition coefficient (Wildman–Crippen LogP) is 1.80. The van der Waals surface area contributed by atoms with Crippen LogP contribution in [0.3, 0.4) is 0 Å². The summed E-state index contributed by atoms with van der Waals surface area (Å²) in [5.41, 5.74) is 0. The molecule has 0 aliphatic rings. The van der Waals surface area contributed by atoms with Crippen LogP contribution in [0.1, 0.15) is 33.6 Å². The van der Waals surface area contributed by atoms with Gasteiger partial charge in [-0.25, -0.2) is 0 Å². The lowest BCUT2D eigenvalue weighted by atomic mass is 10.1. The molecule has 0 amide bonds. The molecule has 2 heteroatoms. The lowest BCUT2D eigenvalue weighted by Gasteiger charge is -2.22. The van der Waals surface area contributed by atoms with E-state index in [1.54, 1.807) is 7.11 Å². The highest BCUT2D eigenvalue weighted by Crippen LogP contribution is 2.01. The molecular formula is C9H21NO. The van der Waals surface area contributed by atoms with Crippen LogP contribution in [0.5, 0.6) is 0 Å². The van der Waals surface area contributed by atoms with Crippen molar-refractivity contribution in [2.24, 2.45) is 0 Å². The van der Waals surface area contributed by atoms with Crippen molar-refractivity contribution in [1.82, 2.24) is 5.32 Å². The maximum Gasteiger partial charge on any atom is 0.0718 e. The number of methoxy groups -OCH3 is 1. The number of hydrogen-bond donors (Lipinski definition) is 1. The van der Waals surface area contributed by atoms with Crippen molar-refractivity contribution in [1.29, 1.82) is 0 Å². The summed E-state index contributed by atoms with van der Waals surface area (Å²) in [5, 5.41) is 3.41. The molecule has 0 bridgehead atoms. The summed E-state index contributed by atoms with van der Waals surface area (Å²) >= 11 is 0. The Bertz CT molecular complexity index is 81.6. The summed E-state index contributed by atoms with van der Waals surface area (Å²) in [6, 6.07) is 0.477. The Kier molecular flexibility index (Phi) is 6.57. The SMILES string of the molecule is CCCNC(C)C(CC)OC. The van der Waals surface area contributed by atoms with Crippen LogP contribution in [-0.4, -0.2) is 25.8 Å². The second-order valence-electron chi connectivity index (χ2n) is 2.93. The number of nitrogens with one attached hydrogen (secondary N) is 1. The largest absolute Gasteiger partial charge is 0.380 e. The first-order valence-corrected chi connectivity index (χ1v) is 4.52. The second kappa shape index (κ2) is 6.62. The Morgan fingerprint density at radius 1 is 1.36 bits per heavy atom. The van der Waals surface area contributed by atoms with Crippen LogP contribution in [0.2, 0.25) is 0 Å². The third-order valence-electron chi connectivity index (χ3n) is 1.98. The molecule has 0 aliphatic heterocycles. The van der Waals surface area contributed by atoms with E-state index in [0.717, 1.165) is 13.0 Å². The van der Waals surface area contributed by atoms with Crippen LogP contribution in [0.4, 0.5) is 0 Å². The van der Waals surface area contributed by atoms with Crippen LogP contribution in [0, 0.1) is 0 Å². The van der Waals surface area contributed by atoms with E-state index in [1.807, 2.05) is 0 Å². The standard InChI is InChI=1S/C9H21NO/c1-5-7-10-8(3)9(6-2)11-4/h8-10H,5-7H2,1-4H3. The van der Waals surface area contributed by atoms with Gasteiger partial charge >= 0.3 is 0 Å². The molecule has 11 heavy (non-hydrogen) atoms. The van der Waals surface area contributed by atoms with Gasteiger partial charge in [0.2, 0.25) is 0 Å². The van der Waals surface area contributed by atoms with Gasteiger partial charge in [0, 0.05) is 13.2 Å². The van der Waals surface area contributed by atoms with Gasteiger partial charge in [0.15, 0.2) is 0 Å². The third-order valence-corrected chi connectivity index (χ3v) is 1.98. The number of hydrogen-bond acceptors (Lipinski definition) is 2. The van der Waals surface area contributed by atoms with E-state index in [2.05, 4.69) is 26.1 Å². The first kappa shape index (κ1) is 10.9. The average Bonchev–Trinajstić information content (AvgIpc) is 2.03. The Balaban J connectivity index is 3.51. The molecule has 0 aromatic carbocycles. The fraction of sp³-hybridized carbons (Fsp3) is 1.00. The van der Waals surface area contributed by atoms with E-state index >= 15 is 0 Å². The van der Waals surface area contributed by atoms with Crippen LogP contribution in [-0.2, 0) is 4.74 Å².